The molecule has 26 heavy (non-hydrogen) atoms. The Morgan fingerprint density at radius 2 is 1.88 bits per heavy atom. The van der Waals surface area contributed by atoms with Crippen molar-refractivity contribution in [2.75, 3.05) is 19.7 Å². The van der Waals surface area contributed by atoms with Gasteiger partial charge in [-0.05, 0) is 42.5 Å². The normalized spacial score (nSPS) is 18.8. The molecule has 0 radical (unpaired) electrons. The van der Waals surface area contributed by atoms with E-state index in [-0.39, 0.29) is 12.5 Å². The van der Waals surface area contributed by atoms with Crippen LogP contribution < -0.4 is 0 Å². The van der Waals surface area contributed by atoms with Crippen LogP contribution in [-0.4, -0.2) is 32.4 Å². The van der Waals surface area contributed by atoms with Gasteiger partial charge in [-0.15, -0.1) is 0 Å². The molecule has 140 valence electrons. The Morgan fingerprint density at radius 3 is 2.65 bits per heavy atom. The summed E-state index contributed by atoms with van der Waals surface area (Å²) in [6, 6.07) is 12.2. The number of sulfonamides is 1. The highest BCUT2D eigenvalue weighted by molar-refractivity contribution is 7.89. The van der Waals surface area contributed by atoms with Gasteiger partial charge >= 0.3 is 0 Å². The molecule has 0 saturated carbocycles. The van der Waals surface area contributed by atoms with Crippen LogP contribution >= 0.6 is 0 Å². The SMILES string of the molecule is O=S(=O)(c1cc(F)ccc1F)N1CCCC(COCc2ccccc2)C1. The molecule has 0 amide bonds. The van der Waals surface area contributed by atoms with E-state index in [1.54, 1.807) is 0 Å². The van der Waals surface area contributed by atoms with Crippen LogP contribution in [0.25, 0.3) is 0 Å². The maximum atomic E-state index is 13.9. The topological polar surface area (TPSA) is 46.6 Å². The minimum absolute atomic E-state index is 0.0267. The minimum Gasteiger partial charge on any atom is -0.376 e. The van der Waals surface area contributed by atoms with Crippen LogP contribution in [0.15, 0.2) is 53.4 Å². The van der Waals surface area contributed by atoms with Crippen LogP contribution in [0.4, 0.5) is 8.78 Å². The molecule has 7 heteroatoms. The van der Waals surface area contributed by atoms with E-state index in [4.69, 9.17) is 4.74 Å². The summed E-state index contributed by atoms with van der Waals surface area (Å²) in [5.74, 6) is -1.68. The summed E-state index contributed by atoms with van der Waals surface area (Å²) in [6.45, 7) is 1.43. The van der Waals surface area contributed by atoms with Crippen molar-refractivity contribution in [2.45, 2.75) is 24.3 Å². The van der Waals surface area contributed by atoms with E-state index in [1.807, 2.05) is 30.3 Å². The standard InChI is InChI=1S/C19H21F2NO3S/c20-17-8-9-18(21)19(11-17)26(23,24)22-10-4-7-16(12-22)14-25-13-15-5-2-1-3-6-15/h1-3,5-6,8-9,11,16H,4,7,10,12-14H2. The van der Waals surface area contributed by atoms with Crippen molar-refractivity contribution in [3.63, 3.8) is 0 Å². The molecule has 0 aromatic heterocycles. The Balaban J connectivity index is 1.63. The Labute approximate surface area is 152 Å². The molecular formula is C19H21F2NO3S. The van der Waals surface area contributed by atoms with Crippen molar-refractivity contribution < 1.29 is 21.9 Å². The van der Waals surface area contributed by atoms with E-state index in [0.29, 0.717) is 26.2 Å². The molecule has 1 aliphatic rings. The van der Waals surface area contributed by atoms with Gasteiger partial charge in [0.1, 0.15) is 16.5 Å². The molecule has 0 bridgehead atoms. The highest BCUT2D eigenvalue weighted by Crippen LogP contribution is 2.26. The number of hydrogen-bond acceptors (Lipinski definition) is 3. The lowest BCUT2D eigenvalue weighted by molar-refractivity contribution is 0.0672. The monoisotopic (exact) mass is 381 g/mol. The van der Waals surface area contributed by atoms with Gasteiger partial charge in [0.15, 0.2) is 0 Å². The molecular weight excluding hydrogens is 360 g/mol. The fourth-order valence-corrected chi connectivity index (χ4v) is 4.74. The molecule has 1 saturated heterocycles. The van der Waals surface area contributed by atoms with Gasteiger partial charge in [0.05, 0.1) is 13.2 Å². The number of ether oxygens (including phenoxy) is 1. The number of benzene rings is 2. The molecule has 2 aromatic rings. The lowest BCUT2D eigenvalue weighted by atomic mass is 10.0. The maximum absolute atomic E-state index is 13.9. The van der Waals surface area contributed by atoms with E-state index in [1.165, 1.54) is 4.31 Å². The first kappa shape index (κ1) is 18.9. The van der Waals surface area contributed by atoms with Gasteiger partial charge in [-0.25, -0.2) is 17.2 Å². The second-order valence-electron chi connectivity index (χ2n) is 6.45. The first-order valence-electron chi connectivity index (χ1n) is 8.53. The van der Waals surface area contributed by atoms with Crippen LogP contribution in [0.3, 0.4) is 0 Å². The summed E-state index contributed by atoms with van der Waals surface area (Å²) >= 11 is 0. The van der Waals surface area contributed by atoms with E-state index >= 15 is 0 Å². The number of nitrogens with zero attached hydrogens (tertiary/aromatic N) is 1. The van der Waals surface area contributed by atoms with Crippen molar-refractivity contribution in [1.29, 1.82) is 0 Å². The quantitative estimate of drug-likeness (QED) is 0.768. The van der Waals surface area contributed by atoms with Crippen molar-refractivity contribution in [3.05, 3.63) is 65.7 Å². The molecule has 4 nitrogen and oxygen atoms in total. The second-order valence-corrected chi connectivity index (χ2v) is 8.35. The van der Waals surface area contributed by atoms with Crippen LogP contribution in [0.2, 0.25) is 0 Å². The molecule has 1 atom stereocenters. The zero-order chi connectivity index (χ0) is 18.6. The summed E-state index contributed by atoms with van der Waals surface area (Å²) in [5.41, 5.74) is 1.05. The van der Waals surface area contributed by atoms with Crippen molar-refractivity contribution in [1.82, 2.24) is 4.31 Å². The van der Waals surface area contributed by atoms with Crippen LogP contribution in [-0.2, 0) is 21.4 Å². The Hall–Kier alpha value is -1.83. The van der Waals surface area contributed by atoms with Crippen molar-refractivity contribution in [2.24, 2.45) is 5.92 Å². The molecule has 0 spiro atoms. The van der Waals surface area contributed by atoms with Gasteiger partial charge in [-0.1, -0.05) is 30.3 Å². The summed E-state index contributed by atoms with van der Waals surface area (Å²) < 4.78 is 59.6. The lowest BCUT2D eigenvalue weighted by Gasteiger charge is -2.31. The molecule has 1 heterocycles. The van der Waals surface area contributed by atoms with Crippen molar-refractivity contribution in [3.8, 4) is 0 Å². The van der Waals surface area contributed by atoms with Gasteiger partial charge in [-0.2, -0.15) is 4.31 Å². The number of hydrogen-bond donors (Lipinski definition) is 0. The average molecular weight is 381 g/mol. The van der Waals surface area contributed by atoms with E-state index in [0.717, 1.165) is 30.2 Å². The fourth-order valence-electron chi connectivity index (χ4n) is 3.11. The predicted octanol–water partition coefficient (Wildman–Crippen LogP) is 3.58. The van der Waals surface area contributed by atoms with E-state index < -0.39 is 26.6 Å². The molecule has 0 aliphatic carbocycles. The molecule has 3 rings (SSSR count). The molecule has 1 fully saturated rings. The van der Waals surface area contributed by atoms with Crippen LogP contribution in [0.1, 0.15) is 18.4 Å². The third-order valence-electron chi connectivity index (χ3n) is 4.46. The maximum Gasteiger partial charge on any atom is 0.246 e. The van der Waals surface area contributed by atoms with Crippen LogP contribution in [0, 0.1) is 17.6 Å². The number of piperidine rings is 1. The second kappa shape index (κ2) is 8.24. The zero-order valence-corrected chi connectivity index (χ0v) is 15.1. The fraction of sp³-hybridized carbons (Fsp3) is 0.368. The molecule has 1 unspecified atom stereocenters. The summed E-state index contributed by atoms with van der Waals surface area (Å²) in [7, 11) is -4.06. The third kappa shape index (κ3) is 4.47. The Bertz CT molecular complexity index is 843. The zero-order valence-electron chi connectivity index (χ0n) is 14.3. The first-order valence-corrected chi connectivity index (χ1v) is 9.97. The first-order chi connectivity index (χ1) is 12.5. The largest absolute Gasteiger partial charge is 0.376 e. The summed E-state index contributed by atoms with van der Waals surface area (Å²) in [5, 5.41) is 0. The predicted molar refractivity (Wildman–Crippen MR) is 93.9 cm³/mol. The van der Waals surface area contributed by atoms with E-state index in [9.17, 15) is 17.2 Å². The molecule has 1 aliphatic heterocycles. The lowest BCUT2D eigenvalue weighted by Crippen LogP contribution is -2.41. The summed E-state index contributed by atoms with van der Waals surface area (Å²) in [6.07, 6.45) is 1.50. The molecule has 0 N–H and O–H groups in total. The van der Waals surface area contributed by atoms with Crippen LogP contribution in [0.5, 0.6) is 0 Å². The smallest absolute Gasteiger partial charge is 0.246 e. The van der Waals surface area contributed by atoms with Gasteiger partial charge in [0.25, 0.3) is 0 Å². The average Bonchev–Trinajstić information content (AvgIpc) is 2.65. The third-order valence-corrected chi connectivity index (χ3v) is 6.34. The summed E-state index contributed by atoms with van der Waals surface area (Å²) in [4.78, 5) is -0.608. The van der Waals surface area contributed by atoms with Gasteiger partial charge in [0.2, 0.25) is 10.0 Å². The Morgan fingerprint density at radius 1 is 1.12 bits per heavy atom. The number of rotatable bonds is 6. The Kier molecular flexibility index (Phi) is 6.01. The van der Waals surface area contributed by atoms with Crippen molar-refractivity contribution >= 4 is 10.0 Å². The number of halogens is 2. The molecule has 2 aromatic carbocycles. The van der Waals surface area contributed by atoms with Gasteiger partial charge < -0.3 is 4.74 Å². The van der Waals surface area contributed by atoms with E-state index in [2.05, 4.69) is 0 Å². The highest BCUT2D eigenvalue weighted by atomic mass is 32.2. The van der Waals surface area contributed by atoms with Gasteiger partial charge in [0, 0.05) is 13.1 Å². The minimum atomic E-state index is -4.06. The highest BCUT2D eigenvalue weighted by Gasteiger charge is 2.32. The van der Waals surface area contributed by atoms with Gasteiger partial charge in [-0.3, -0.25) is 0 Å².